The first-order chi connectivity index (χ1) is 12.3. The number of rotatable bonds is 4. The first kappa shape index (κ1) is 16.3. The van der Waals surface area contributed by atoms with E-state index >= 15 is 0 Å². The van der Waals surface area contributed by atoms with Gasteiger partial charge in [-0.3, -0.25) is 9.69 Å². The lowest BCUT2D eigenvalue weighted by molar-refractivity contribution is -0.141. The Morgan fingerprint density at radius 2 is 1.56 bits per heavy atom. The number of nitrogens with zero attached hydrogens (tertiary/aromatic N) is 1. The molecule has 0 radical (unpaired) electrons. The molecule has 1 saturated heterocycles. The third-order valence-electron chi connectivity index (χ3n) is 5.65. The second kappa shape index (κ2) is 7.01. The monoisotopic (exact) mass is 335 g/mol. The smallest absolute Gasteiger partial charge is 0.325 e. The van der Waals surface area contributed by atoms with Crippen LogP contribution in [0.2, 0.25) is 0 Å². The Labute approximate surface area is 149 Å². The van der Waals surface area contributed by atoms with E-state index in [0.29, 0.717) is 6.04 Å². The van der Waals surface area contributed by atoms with Gasteiger partial charge in [0, 0.05) is 6.04 Å². The van der Waals surface area contributed by atoms with E-state index in [1.54, 1.807) is 0 Å². The highest BCUT2D eigenvalue weighted by Crippen LogP contribution is 2.48. The van der Waals surface area contributed by atoms with E-state index in [4.69, 9.17) is 4.74 Å². The minimum absolute atomic E-state index is 0.0947. The van der Waals surface area contributed by atoms with Crippen molar-refractivity contribution in [3.63, 3.8) is 0 Å². The third-order valence-corrected chi connectivity index (χ3v) is 5.65. The Morgan fingerprint density at radius 3 is 2.20 bits per heavy atom. The predicted octanol–water partition coefficient (Wildman–Crippen LogP) is 4.58. The molecular weight excluding hydrogens is 310 g/mol. The molecule has 3 atom stereocenters. The molecule has 3 heteroatoms. The van der Waals surface area contributed by atoms with Gasteiger partial charge in [0.2, 0.25) is 0 Å². The molecule has 2 aromatic carbocycles. The minimum atomic E-state index is -0.101. The lowest BCUT2D eigenvalue weighted by Crippen LogP contribution is -2.26. The van der Waals surface area contributed by atoms with Gasteiger partial charge in [0.15, 0.2) is 0 Å². The summed E-state index contributed by atoms with van der Waals surface area (Å²) in [5.41, 5.74) is 3.66. The highest BCUT2D eigenvalue weighted by molar-refractivity contribution is 5.81. The predicted molar refractivity (Wildman–Crippen MR) is 99.1 cm³/mol. The molecule has 1 saturated carbocycles. The number of esters is 1. The number of ether oxygens (including phenoxy) is 1. The van der Waals surface area contributed by atoms with Crippen LogP contribution in [0.25, 0.3) is 11.1 Å². The molecule has 1 heterocycles. The van der Waals surface area contributed by atoms with Crippen LogP contribution in [0.3, 0.4) is 0 Å². The van der Waals surface area contributed by atoms with Crippen LogP contribution < -0.4 is 0 Å². The summed E-state index contributed by atoms with van der Waals surface area (Å²) in [7, 11) is 1.50. The van der Waals surface area contributed by atoms with Crippen molar-refractivity contribution in [2.75, 3.05) is 7.11 Å². The van der Waals surface area contributed by atoms with Crippen molar-refractivity contribution in [3.8, 4) is 11.1 Å². The summed E-state index contributed by atoms with van der Waals surface area (Å²) in [4.78, 5) is 14.6. The van der Waals surface area contributed by atoms with Crippen LogP contribution in [0.1, 0.15) is 43.7 Å². The maximum Gasteiger partial charge on any atom is 0.325 e. The van der Waals surface area contributed by atoms with Crippen LogP contribution in [0, 0.1) is 0 Å². The van der Waals surface area contributed by atoms with Crippen molar-refractivity contribution in [1.29, 1.82) is 0 Å². The van der Waals surface area contributed by atoms with E-state index in [1.165, 1.54) is 55.9 Å². The minimum Gasteiger partial charge on any atom is -0.468 e. The molecule has 2 aliphatic rings. The summed E-state index contributed by atoms with van der Waals surface area (Å²) in [5.74, 6) is -0.0947. The van der Waals surface area contributed by atoms with Crippen LogP contribution in [-0.2, 0) is 9.53 Å². The van der Waals surface area contributed by atoms with E-state index in [-0.39, 0.29) is 18.1 Å². The second-order valence-electron chi connectivity index (χ2n) is 7.14. The molecule has 1 aliphatic heterocycles. The highest BCUT2D eigenvalue weighted by atomic mass is 16.5. The number of methoxy groups -OCH3 is 1. The second-order valence-corrected chi connectivity index (χ2v) is 7.14. The molecule has 25 heavy (non-hydrogen) atoms. The zero-order valence-corrected chi connectivity index (χ0v) is 14.7. The van der Waals surface area contributed by atoms with Crippen LogP contribution in [0.15, 0.2) is 54.6 Å². The van der Waals surface area contributed by atoms with Crippen molar-refractivity contribution in [3.05, 3.63) is 60.2 Å². The molecular formula is C22H25NO2. The fourth-order valence-corrected chi connectivity index (χ4v) is 4.31. The zero-order chi connectivity index (χ0) is 17.2. The molecule has 0 spiro atoms. The standard InChI is InChI=1S/C22H25NO2/c1-25-22(24)21-20(23(21)19-10-6-3-7-11-19)18-14-12-17(13-15-18)16-8-4-2-5-9-16/h2,4-5,8-9,12-15,19-21H,3,6-7,10-11H2,1H3/t20-,21+,23?/m1/s1. The van der Waals surface area contributed by atoms with Crippen LogP contribution in [-0.4, -0.2) is 30.1 Å². The van der Waals surface area contributed by atoms with Crippen LogP contribution in [0.5, 0.6) is 0 Å². The number of carbonyl (C=O) groups excluding carboxylic acids is 1. The van der Waals surface area contributed by atoms with Crippen LogP contribution >= 0.6 is 0 Å². The first-order valence-corrected chi connectivity index (χ1v) is 9.30. The highest BCUT2D eigenvalue weighted by Gasteiger charge is 2.56. The van der Waals surface area contributed by atoms with Crippen molar-refractivity contribution < 1.29 is 9.53 Å². The number of hydrogen-bond donors (Lipinski definition) is 0. The van der Waals surface area contributed by atoms with Gasteiger partial charge in [0.1, 0.15) is 6.04 Å². The number of hydrogen-bond acceptors (Lipinski definition) is 3. The topological polar surface area (TPSA) is 29.3 Å². The zero-order valence-electron chi connectivity index (χ0n) is 14.7. The Hall–Kier alpha value is -2.13. The van der Waals surface area contributed by atoms with Gasteiger partial charge >= 0.3 is 5.97 Å². The summed E-state index contributed by atoms with van der Waals surface area (Å²) in [6.45, 7) is 0. The van der Waals surface area contributed by atoms with Gasteiger partial charge in [-0.15, -0.1) is 0 Å². The quantitative estimate of drug-likeness (QED) is 0.605. The average molecular weight is 335 g/mol. The molecule has 1 aliphatic carbocycles. The first-order valence-electron chi connectivity index (χ1n) is 9.30. The molecule has 2 fully saturated rings. The summed E-state index contributed by atoms with van der Waals surface area (Å²) in [5, 5.41) is 0. The third kappa shape index (κ3) is 3.21. The maximum atomic E-state index is 12.2. The number of benzene rings is 2. The van der Waals surface area contributed by atoms with Gasteiger partial charge in [-0.25, -0.2) is 0 Å². The Bertz CT molecular complexity index is 719. The van der Waals surface area contributed by atoms with Gasteiger partial charge in [-0.1, -0.05) is 73.9 Å². The molecule has 130 valence electrons. The maximum absolute atomic E-state index is 12.2. The fourth-order valence-electron chi connectivity index (χ4n) is 4.31. The van der Waals surface area contributed by atoms with Crippen LogP contribution in [0.4, 0.5) is 0 Å². The Kier molecular flexibility index (Phi) is 4.58. The van der Waals surface area contributed by atoms with E-state index in [1.807, 2.05) is 6.07 Å². The molecule has 0 amide bonds. The van der Waals surface area contributed by atoms with Crippen molar-refractivity contribution >= 4 is 5.97 Å². The van der Waals surface area contributed by atoms with E-state index in [9.17, 15) is 4.79 Å². The molecule has 0 aromatic heterocycles. The summed E-state index contributed by atoms with van der Waals surface area (Å²) in [6, 6.07) is 19.7. The molecule has 4 rings (SSSR count). The molecule has 3 nitrogen and oxygen atoms in total. The lowest BCUT2D eigenvalue weighted by Gasteiger charge is -2.24. The SMILES string of the molecule is COC(=O)[C@@H]1[C@@H](c2ccc(-c3ccccc3)cc2)N1C1CCCCC1. The van der Waals surface area contributed by atoms with Gasteiger partial charge in [-0.2, -0.15) is 0 Å². The molecule has 1 unspecified atom stereocenters. The van der Waals surface area contributed by atoms with Gasteiger partial charge in [0.05, 0.1) is 13.2 Å². The van der Waals surface area contributed by atoms with Gasteiger partial charge in [-0.05, 0) is 29.5 Å². The van der Waals surface area contributed by atoms with Crippen molar-refractivity contribution in [2.45, 2.75) is 50.2 Å². The Balaban J connectivity index is 1.55. The van der Waals surface area contributed by atoms with E-state index < -0.39 is 0 Å². The summed E-state index contributed by atoms with van der Waals surface area (Å²) >= 11 is 0. The normalized spacial score (nSPS) is 26.2. The summed E-state index contributed by atoms with van der Waals surface area (Å²) < 4.78 is 5.06. The van der Waals surface area contributed by atoms with E-state index in [0.717, 1.165) is 0 Å². The van der Waals surface area contributed by atoms with Gasteiger partial charge in [0.25, 0.3) is 0 Å². The number of carbonyl (C=O) groups is 1. The molecule has 0 bridgehead atoms. The molecule has 0 N–H and O–H groups in total. The fraction of sp³-hybridized carbons (Fsp3) is 0.409. The Morgan fingerprint density at radius 1 is 0.920 bits per heavy atom. The van der Waals surface area contributed by atoms with E-state index in [2.05, 4.69) is 53.4 Å². The van der Waals surface area contributed by atoms with Gasteiger partial charge < -0.3 is 4.74 Å². The average Bonchev–Trinajstić information content (AvgIpc) is 3.44. The largest absolute Gasteiger partial charge is 0.468 e. The lowest BCUT2D eigenvalue weighted by atomic mass is 9.95. The van der Waals surface area contributed by atoms with Crippen molar-refractivity contribution in [2.24, 2.45) is 0 Å². The summed E-state index contributed by atoms with van der Waals surface area (Å²) in [6.07, 6.45) is 6.27. The van der Waals surface area contributed by atoms with Crippen molar-refractivity contribution in [1.82, 2.24) is 4.90 Å². The molecule has 2 aromatic rings.